The highest BCUT2D eigenvalue weighted by Crippen LogP contribution is 2.00. The van der Waals surface area contributed by atoms with Crippen molar-refractivity contribution >= 4 is 17.7 Å². The summed E-state index contributed by atoms with van der Waals surface area (Å²) in [5.41, 5.74) is 0. The zero-order valence-corrected chi connectivity index (χ0v) is 13.5. The van der Waals surface area contributed by atoms with Crippen LogP contribution in [0, 0.1) is 0 Å². The van der Waals surface area contributed by atoms with Gasteiger partial charge in [0.1, 0.15) is 5.76 Å². The number of nitrogens with zero attached hydrogens (tertiary/aromatic N) is 1. The largest absolute Gasteiger partial charge is 0.469 e. The highest BCUT2D eigenvalue weighted by molar-refractivity contribution is 7.98. The zero-order chi connectivity index (χ0) is 14.5. The number of aliphatic imine (C=N–C) groups is 1. The molecule has 0 aliphatic carbocycles. The topological polar surface area (TPSA) is 49.6 Å². The fourth-order valence-corrected chi connectivity index (χ4v) is 2.23. The summed E-state index contributed by atoms with van der Waals surface area (Å²) < 4.78 is 5.32. The van der Waals surface area contributed by atoms with Crippen molar-refractivity contribution in [2.75, 3.05) is 31.6 Å². The monoisotopic (exact) mass is 297 g/mol. The normalized spacial score (nSPS) is 11.6. The van der Waals surface area contributed by atoms with Gasteiger partial charge in [0.05, 0.1) is 6.26 Å². The van der Waals surface area contributed by atoms with Crippen LogP contribution in [0.5, 0.6) is 0 Å². The Bertz CT molecular complexity index is 352. The standard InChI is InChI=1S/C15H27N3OS/c1-3-9-16-15(17-10-4-5-13-20-2)18-11-8-14-7-6-12-19-14/h6-7,12H,3-5,8-11,13H2,1-2H3,(H2,16,17,18). The Morgan fingerprint density at radius 2 is 2.15 bits per heavy atom. The van der Waals surface area contributed by atoms with Crippen molar-refractivity contribution in [1.29, 1.82) is 0 Å². The third kappa shape index (κ3) is 8.15. The van der Waals surface area contributed by atoms with E-state index in [1.54, 1.807) is 6.26 Å². The minimum absolute atomic E-state index is 0.841. The Kier molecular flexibility index (Phi) is 9.92. The molecule has 1 rings (SSSR count). The van der Waals surface area contributed by atoms with Crippen LogP contribution >= 0.6 is 11.8 Å². The molecule has 5 heteroatoms. The van der Waals surface area contributed by atoms with Crippen LogP contribution in [0.15, 0.2) is 27.8 Å². The van der Waals surface area contributed by atoms with Crippen LogP contribution < -0.4 is 10.6 Å². The van der Waals surface area contributed by atoms with Crippen molar-refractivity contribution in [1.82, 2.24) is 10.6 Å². The first-order chi connectivity index (χ1) is 9.86. The van der Waals surface area contributed by atoms with E-state index in [1.165, 1.54) is 18.6 Å². The molecule has 0 aliphatic heterocycles. The molecule has 114 valence electrons. The fraction of sp³-hybridized carbons (Fsp3) is 0.667. The number of furan rings is 1. The van der Waals surface area contributed by atoms with Crippen LogP contribution in [0.2, 0.25) is 0 Å². The second-order valence-corrected chi connectivity index (χ2v) is 5.60. The van der Waals surface area contributed by atoms with Gasteiger partial charge >= 0.3 is 0 Å². The molecular weight excluding hydrogens is 270 g/mol. The van der Waals surface area contributed by atoms with Crippen molar-refractivity contribution in [3.05, 3.63) is 24.2 Å². The Labute approximate surface area is 126 Å². The highest BCUT2D eigenvalue weighted by Gasteiger charge is 1.99. The second kappa shape index (κ2) is 11.7. The van der Waals surface area contributed by atoms with E-state index in [9.17, 15) is 0 Å². The molecule has 0 aliphatic rings. The minimum Gasteiger partial charge on any atom is -0.469 e. The lowest BCUT2D eigenvalue weighted by molar-refractivity contribution is 0.506. The van der Waals surface area contributed by atoms with Gasteiger partial charge < -0.3 is 15.1 Å². The van der Waals surface area contributed by atoms with Gasteiger partial charge in [-0.2, -0.15) is 11.8 Å². The average molecular weight is 297 g/mol. The van der Waals surface area contributed by atoms with Gasteiger partial charge in [0.2, 0.25) is 0 Å². The van der Waals surface area contributed by atoms with Gasteiger partial charge in [0.25, 0.3) is 0 Å². The van der Waals surface area contributed by atoms with Crippen molar-refractivity contribution in [2.24, 2.45) is 4.99 Å². The van der Waals surface area contributed by atoms with E-state index in [1.807, 2.05) is 23.9 Å². The van der Waals surface area contributed by atoms with E-state index >= 15 is 0 Å². The van der Waals surface area contributed by atoms with Crippen LogP contribution in [-0.4, -0.2) is 37.6 Å². The average Bonchev–Trinajstić information content (AvgIpc) is 2.97. The number of hydrogen-bond donors (Lipinski definition) is 2. The molecule has 4 nitrogen and oxygen atoms in total. The summed E-state index contributed by atoms with van der Waals surface area (Å²) >= 11 is 1.90. The molecule has 20 heavy (non-hydrogen) atoms. The van der Waals surface area contributed by atoms with Crippen LogP contribution in [0.25, 0.3) is 0 Å². The van der Waals surface area contributed by atoms with Crippen LogP contribution in [-0.2, 0) is 6.42 Å². The van der Waals surface area contributed by atoms with E-state index in [4.69, 9.17) is 4.42 Å². The molecule has 1 aromatic rings. The summed E-state index contributed by atoms with van der Waals surface area (Å²) in [4.78, 5) is 4.54. The number of guanidine groups is 1. The molecule has 0 unspecified atom stereocenters. The fourth-order valence-electron chi connectivity index (χ4n) is 1.74. The summed E-state index contributed by atoms with van der Waals surface area (Å²) in [6, 6.07) is 3.92. The molecule has 1 heterocycles. The Hall–Kier alpha value is -1.10. The maximum Gasteiger partial charge on any atom is 0.191 e. The summed E-state index contributed by atoms with van der Waals surface area (Å²) in [5, 5.41) is 6.75. The minimum atomic E-state index is 0.841. The summed E-state index contributed by atoms with van der Waals surface area (Å²) in [6.07, 6.45) is 8.25. The van der Waals surface area contributed by atoms with E-state index in [2.05, 4.69) is 28.8 Å². The quantitative estimate of drug-likeness (QED) is 0.396. The Morgan fingerprint density at radius 1 is 1.30 bits per heavy atom. The van der Waals surface area contributed by atoms with Crippen molar-refractivity contribution in [2.45, 2.75) is 32.6 Å². The first-order valence-corrected chi connectivity index (χ1v) is 8.79. The van der Waals surface area contributed by atoms with Crippen molar-refractivity contribution in [3.63, 3.8) is 0 Å². The molecule has 0 saturated heterocycles. The smallest absolute Gasteiger partial charge is 0.191 e. The Balaban J connectivity index is 2.21. The van der Waals surface area contributed by atoms with E-state index in [0.717, 1.165) is 44.2 Å². The number of thioether (sulfide) groups is 1. The van der Waals surface area contributed by atoms with E-state index in [-0.39, 0.29) is 0 Å². The summed E-state index contributed by atoms with van der Waals surface area (Å²) in [6.45, 7) is 4.83. The molecule has 0 fully saturated rings. The maximum absolute atomic E-state index is 5.32. The number of hydrogen-bond acceptors (Lipinski definition) is 3. The van der Waals surface area contributed by atoms with E-state index in [0.29, 0.717) is 0 Å². The first kappa shape index (κ1) is 17.0. The summed E-state index contributed by atoms with van der Waals surface area (Å²) in [5.74, 6) is 3.16. The molecule has 0 atom stereocenters. The molecule has 0 saturated carbocycles. The number of nitrogens with one attached hydrogen (secondary N) is 2. The lowest BCUT2D eigenvalue weighted by Gasteiger charge is -2.12. The molecule has 0 radical (unpaired) electrons. The van der Waals surface area contributed by atoms with E-state index < -0.39 is 0 Å². The predicted molar refractivity (Wildman–Crippen MR) is 88.6 cm³/mol. The van der Waals surface area contributed by atoms with Gasteiger partial charge in [-0.15, -0.1) is 0 Å². The first-order valence-electron chi connectivity index (χ1n) is 7.40. The van der Waals surface area contributed by atoms with Crippen LogP contribution in [0.3, 0.4) is 0 Å². The molecular formula is C15H27N3OS. The van der Waals surface area contributed by atoms with Gasteiger partial charge in [-0.1, -0.05) is 6.92 Å². The molecule has 1 aromatic heterocycles. The lowest BCUT2D eigenvalue weighted by Crippen LogP contribution is -2.39. The highest BCUT2D eigenvalue weighted by atomic mass is 32.2. The number of unbranched alkanes of at least 4 members (excludes halogenated alkanes) is 1. The molecule has 0 aromatic carbocycles. The molecule has 0 amide bonds. The number of rotatable bonds is 10. The molecule has 2 N–H and O–H groups in total. The van der Waals surface area contributed by atoms with Gasteiger partial charge in [0.15, 0.2) is 5.96 Å². The maximum atomic E-state index is 5.32. The van der Waals surface area contributed by atoms with Gasteiger partial charge in [0, 0.05) is 26.1 Å². The lowest BCUT2D eigenvalue weighted by atomic mass is 10.3. The van der Waals surface area contributed by atoms with Gasteiger partial charge in [-0.25, -0.2) is 0 Å². The molecule has 0 bridgehead atoms. The molecule has 0 spiro atoms. The third-order valence-electron chi connectivity index (χ3n) is 2.81. The SMILES string of the molecule is CCCN=C(NCCCCSC)NCCc1ccco1. The zero-order valence-electron chi connectivity index (χ0n) is 12.7. The summed E-state index contributed by atoms with van der Waals surface area (Å²) in [7, 11) is 0. The van der Waals surface area contributed by atoms with Gasteiger partial charge in [-0.3, -0.25) is 4.99 Å². The van der Waals surface area contributed by atoms with Crippen LogP contribution in [0.1, 0.15) is 31.9 Å². The van der Waals surface area contributed by atoms with Gasteiger partial charge in [-0.05, 0) is 43.4 Å². The third-order valence-corrected chi connectivity index (χ3v) is 3.50. The van der Waals surface area contributed by atoms with Crippen molar-refractivity contribution < 1.29 is 4.42 Å². The van der Waals surface area contributed by atoms with Crippen LogP contribution in [0.4, 0.5) is 0 Å². The second-order valence-electron chi connectivity index (χ2n) is 4.61. The predicted octanol–water partition coefficient (Wildman–Crippen LogP) is 2.91. The Morgan fingerprint density at radius 3 is 2.85 bits per heavy atom. The van der Waals surface area contributed by atoms with Crippen molar-refractivity contribution in [3.8, 4) is 0 Å².